The molecule has 0 unspecified atom stereocenters. The van der Waals surface area contributed by atoms with Gasteiger partial charge in [-0.25, -0.2) is 4.98 Å². The van der Waals surface area contributed by atoms with Crippen LogP contribution in [-0.2, 0) is 0 Å². The van der Waals surface area contributed by atoms with Crippen molar-refractivity contribution in [1.82, 2.24) is 29.9 Å². The summed E-state index contributed by atoms with van der Waals surface area (Å²) in [4.78, 5) is 18.1. The second kappa shape index (κ2) is 3.48. The number of aromatic nitrogens is 6. The first-order chi connectivity index (χ1) is 8.25. The van der Waals surface area contributed by atoms with Gasteiger partial charge in [0, 0.05) is 0 Å². The van der Waals surface area contributed by atoms with Gasteiger partial charge in [-0.05, 0) is 19.1 Å². The van der Waals surface area contributed by atoms with Gasteiger partial charge >= 0.3 is 0 Å². The van der Waals surface area contributed by atoms with Gasteiger partial charge in [0.2, 0.25) is 0 Å². The summed E-state index contributed by atoms with van der Waals surface area (Å²) >= 11 is 0. The predicted octanol–water partition coefficient (Wildman–Crippen LogP) is 0.207. The number of hydrogen-bond acceptors (Lipinski definition) is 5. The molecule has 0 radical (unpaired) electrons. The Morgan fingerprint density at radius 3 is 2.94 bits per heavy atom. The molecule has 3 aromatic rings. The minimum absolute atomic E-state index is 0.221. The van der Waals surface area contributed by atoms with Gasteiger partial charge in [0.15, 0.2) is 11.5 Å². The van der Waals surface area contributed by atoms with Crippen LogP contribution in [0.5, 0.6) is 0 Å². The molecule has 0 aliphatic rings. The van der Waals surface area contributed by atoms with Crippen molar-refractivity contribution in [3.8, 4) is 5.82 Å². The molecule has 0 saturated heterocycles. The lowest BCUT2D eigenvalue weighted by molar-refractivity contribution is 0.818. The number of rotatable bonds is 1. The number of nitrogens with zero attached hydrogens (tertiary/aromatic N) is 5. The van der Waals surface area contributed by atoms with Gasteiger partial charge in [-0.3, -0.25) is 4.79 Å². The molecule has 0 amide bonds. The van der Waals surface area contributed by atoms with Crippen LogP contribution in [-0.4, -0.2) is 29.9 Å². The zero-order chi connectivity index (χ0) is 11.8. The highest BCUT2D eigenvalue weighted by molar-refractivity contribution is 5.74. The third kappa shape index (κ3) is 1.48. The van der Waals surface area contributed by atoms with Crippen molar-refractivity contribution in [2.45, 2.75) is 6.92 Å². The normalized spacial score (nSPS) is 10.9. The molecule has 0 bridgehead atoms. The standard InChI is InChI=1S/C10H8N6O/c1-6-2-3-8(15-14-6)16-9-7(4-13-16)10(17)12-5-11-9/h2-5H,1H3,(H,11,12,17). The van der Waals surface area contributed by atoms with Crippen molar-refractivity contribution in [2.75, 3.05) is 0 Å². The monoisotopic (exact) mass is 228 g/mol. The minimum atomic E-state index is -0.221. The van der Waals surface area contributed by atoms with Crippen LogP contribution in [0.2, 0.25) is 0 Å². The number of fused-ring (bicyclic) bond motifs is 1. The highest BCUT2D eigenvalue weighted by atomic mass is 16.1. The van der Waals surface area contributed by atoms with Gasteiger partial charge in [0.25, 0.3) is 5.56 Å². The van der Waals surface area contributed by atoms with Gasteiger partial charge in [0.1, 0.15) is 5.39 Å². The van der Waals surface area contributed by atoms with Gasteiger partial charge in [-0.15, -0.1) is 5.10 Å². The lowest BCUT2D eigenvalue weighted by atomic mass is 10.4. The molecule has 84 valence electrons. The van der Waals surface area contributed by atoms with Crippen molar-refractivity contribution in [2.24, 2.45) is 0 Å². The van der Waals surface area contributed by atoms with Crippen molar-refractivity contribution >= 4 is 11.0 Å². The van der Waals surface area contributed by atoms with Crippen LogP contribution in [0.1, 0.15) is 5.69 Å². The SMILES string of the molecule is Cc1ccc(-n2ncc3c(=O)[nH]cnc32)nn1. The smallest absolute Gasteiger partial charge is 0.261 e. The van der Waals surface area contributed by atoms with Crippen LogP contribution < -0.4 is 5.56 Å². The number of hydrogen-bond donors (Lipinski definition) is 1. The Kier molecular flexibility index (Phi) is 1.97. The first-order valence-corrected chi connectivity index (χ1v) is 4.98. The molecule has 17 heavy (non-hydrogen) atoms. The van der Waals surface area contributed by atoms with E-state index < -0.39 is 0 Å². The summed E-state index contributed by atoms with van der Waals surface area (Å²) in [5.74, 6) is 0.531. The molecule has 0 fully saturated rings. The maximum Gasteiger partial charge on any atom is 0.261 e. The highest BCUT2D eigenvalue weighted by Crippen LogP contribution is 2.10. The first-order valence-electron chi connectivity index (χ1n) is 4.98. The Morgan fingerprint density at radius 1 is 1.29 bits per heavy atom. The second-order valence-electron chi connectivity index (χ2n) is 3.56. The summed E-state index contributed by atoms with van der Waals surface area (Å²) in [6.45, 7) is 1.85. The number of aromatic amines is 1. The van der Waals surface area contributed by atoms with Crippen LogP contribution >= 0.6 is 0 Å². The molecule has 0 aliphatic carbocycles. The minimum Gasteiger partial charge on any atom is -0.312 e. The van der Waals surface area contributed by atoms with E-state index in [1.54, 1.807) is 6.07 Å². The zero-order valence-corrected chi connectivity index (χ0v) is 8.95. The maximum atomic E-state index is 11.5. The molecule has 0 saturated carbocycles. The number of nitrogens with one attached hydrogen (secondary N) is 1. The summed E-state index contributed by atoms with van der Waals surface area (Å²) < 4.78 is 1.48. The molecule has 3 heterocycles. The van der Waals surface area contributed by atoms with Gasteiger partial charge in [-0.2, -0.15) is 14.9 Å². The Bertz CT molecular complexity index is 726. The summed E-state index contributed by atoms with van der Waals surface area (Å²) in [5, 5.41) is 12.5. The summed E-state index contributed by atoms with van der Waals surface area (Å²) in [5.41, 5.74) is 1.06. The topological polar surface area (TPSA) is 89.4 Å². The third-order valence-corrected chi connectivity index (χ3v) is 2.37. The zero-order valence-electron chi connectivity index (χ0n) is 8.95. The molecule has 1 N–H and O–H groups in total. The molecule has 3 aromatic heterocycles. The Hall–Kier alpha value is -2.57. The van der Waals surface area contributed by atoms with E-state index in [9.17, 15) is 4.79 Å². The number of aryl methyl sites for hydroxylation is 1. The number of H-pyrrole nitrogens is 1. The van der Waals surface area contributed by atoms with Gasteiger partial charge in [-0.1, -0.05) is 0 Å². The molecule has 0 aliphatic heterocycles. The van der Waals surface area contributed by atoms with E-state index in [2.05, 4.69) is 25.3 Å². The first kappa shape index (κ1) is 9.64. The average Bonchev–Trinajstić information content (AvgIpc) is 2.75. The van der Waals surface area contributed by atoms with Gasteiger partial charge < -0.3 is 4.98 Å². The molecule has 0 spiro atoms. The van der Waals surface area contributed by atoms with E-state index in [0.717, 1.165) is 5.69 Å². The van der Waals surface area contributed by atoms with E-state index in [1.807, 2.05) is 13.0 Å². The van der Waals surface area contributed by atoms with E-state index in [1.165, 1.54) is 17.2 Å². The van der Waals surface area contributed by atoms with Gasteiger partial charge in [0.05, 0.1) is 18.2 Å². The van der Waals surface area contributed by atoms with E-state index in [-0.39, 0.29) is 5.56 Å². The lowest BCUT2D eigenvalue weighted by Crippen LogP contribution is -2.07. The van der Waals surface area contributed by atoms with Crippen molar-refractivity contribution in [3.63, 3.8) is 0 Å². The fraction of sp³-hybridized carbons (Fsp3) is 0.100. The highest BCUT2D eigenvalue weighted by Gasteiger charge is 2.09. The van der Waals surface area contributed by atoms with Crippen LogP contribution in [0.15, 0.2) is 29.5 Å². The van der Waals surface area contributed by atoms with Crippen molar-refractivity contribution < 1.29 is 0 Å². The third-order valence-electron chi connectivity index (χ3n) is 2.37. The quantitative estimate of drug-likeness (QED) is 0.643. The Balaban J connectivity index is 2.28. The Labute approximate surface area is 95.2 Å². The fourth-order valence-corrected chi connectivity index (χ4v) is 1.53. The second-order valence-corrected chi connectivity index (χ2v) is 3.56. The molecule has 0 atom stereocenters. The summed E-state index contributed by atoms with van der Waals surface area (Å²) in [6, 6.07) is 3.60. The molecule has 0 aromatic carbocycles. The molecular formula is C10H8N6O. The Morgan fingerprint density at radius 2 is 2.18 bits per heavy atom. The largest absolute Gasteiger partial charge is 0.312 e. The maximum absolute atomic E-state index is 11.5. The van der Waals surface area contributed by atoms with Crippen LogP contribution in [0.4, 0.5) is 0 Å². The average molecular weight is 228 g/mol. The molecule has 7 nitrogen and oxygen atoms in total. The van der Waals surface area contributed by atoms with Crippen molar-refractivity contribution in [3.05, 3.63) is 40.7 Å². The van der Waals surface area contributed by atoms with E-state index >= 15 is 0 Å². The predicted molar refractivity (Wildman–Crippen MR) is 59.8 cm³/mol. The summed E-state index contributed by atoms with van der Waals surface area (Å²) in [6.07, 6.45) is 2.80. The van der Waals surface area contributed by atoms with Crippen LogP contribution in [0, 0.1) is 6.92 Å². The fourth-order valence-electron chi connectivity index (χ4n) is 1.53. The molecule has 7 heteroatoms. The van der Waals surface area contributed by atoms with E-state index in [0.29, 0.717) is 16.9 Å². The van der Waals surface area contributed by atoms with Crippen LogP contribution in [0.25, 0.3) is 16.9 Å². The van der Waals surface area contributed by atoms with E-state index in [4.69, 9.17) is 0 Å². The molecule has 3 rings (SSSR count). The van der Waals surface area contributed by atoms with Crippen molar-refractivity contribution in [1.29, 1.82) is 0 Å². The lowest BCUT2D eigenvalue weighted by Gasteiger charge is -2.00. The molecular weight excluding hydrogens is 220 g/mol. The van der Waals surface area contributed by atoms with Crippen LogP contribution in [0.3, 0.4) is 0 Å². The summed E-state index contributed by atoms with van der Waals surface area (Å²) in [7, 11) is 0.